The second-order valence-corrected chi connectivity index (χ2v) is 5.81. The van der Waals surface area contributed by atoms with Gasteiger partial charge in [-0.25, -0.2) is 4.39 Å². The molecule has 3 rings (SSSR count). The summed E-state index contributed by atoms with van der Waals surface area (Å²) < 4.78 is 15.3. The number of nitrogens with zero attached hydrogens (tertiary/aromatic N) is 2. The molecule has 1 aromatic heterocycles. The second kappa shape index (κ2) is 5.26. The average Bonchev–Trinajstić information content (AvgIpc) is 3.00. The van der Waals surface area contributed by atoms with Crippen LogP contribution in [0.15, 0.2) is 24.3 Å². The molecule has 1 N–H and O–H groups in total. The molecule has 0 aliphatic heterocycles. The lowest BCUT2D eigenvalue weighted by Crippen LogP contribution is -2.26. The first-order valence-electron chi connectivity index (χ1n) is 7.62. The molecule has 4 heteroatoms. The van der Waals surface area contributed by atoms with E-state index in [-0.39, 0.29) is 5.82 Å². The maximum absolute atomic E-state index is 13.3. The SMILES string of the molecule is CCc1cc(CC2(O)CCc3cc(F)ccc32)n(CC)n1. The van der Waals surface area contributed by atoms with Gasteiger partial charge in [-0.1, -0.05) is 13.0 Å². The lowest BCUT2D eigenvalue weighted by Gasteiger charge is -2.24. The Labute approximate surface area is 124 Å². The molecule has 0 amide bonds. The van der Waals surface area contributed by atoms with E-state index in [1.807, 2.05) is 4.68 Å². The van der Waals surface area contributed by atoms with E-state index in [1.165, 1.54) is 6.07 Å². The van der Waals surface area contributed by atoms with Gasteiger partial charge in [-0.15, -0.1) is 0 Å². The zero-order valence-electron chi connectivity index (χ0n) is 12.6. The Kier molecular flexibility index (Phi) is 3.57. The quantitative estimate of drug-likeness (QED) is 0.939. The van der Waals surface area contributed by atoms with Crippen molar-refractivity contribution in [2.45, 2.75) is 51.7 Å². The molecular weight excluding hydrogens is 267 g/mol. The molecule has 0 radical (unpaired) electrons. The number of hydrogen-bond donors (Lipinski definition) is 1. The predicted molar refractivity (Wildman–Crippen MR) is 79.6 cm³/mol. The number of aryl methyl sites for hydroxylation is 3. The van der Waals surface area contributed by atoms with Crippen molar-refractivity contribution in [3.8, 4) is 0 Å². The Balaban J connectivity index is 1.94. The first kappa shape index (κ1) is 14.3. The largest absolute Gasteiger partial charge is 0.385 e. The molecule has 0 spiro atoms. The molecule has 0 saturated heterocycles. The second-order valence-electron chi connectivity index (χ2n) is 5.81. The van der Waals surface area contributed by atoms with E-state index in [0.717, 1.165) is 41.9 Å². The van der Waals surface area contributed by atoms with E-state index >= 15 is 0 Å². The van der Waals surface area contributed by atoms with Gasteiger partial charge in [-0.3, -0.25) is 4.68 Å². The Morgan fingerprint density at radius 2 is 2.14 bits per heavy atom. The third-order valence-corrected chi connectivity index (χ3v) is 4.43. The normalized spacial score (nSPS) is 20.8. The van der Waals surface area contributed by atoms with Crippen molar-refractivity contribution >= 4 is 0 Å². The number of rotatable bonds is 4. The summed E-state index contributed by atoms with van der Waals surface area (Å²) in [7, 11) is 0. The number of fused-ring (bicyclic) bond motifs is 1. The highest BCUT2D eigenvalue weighted by Gasteiger charge is 2.37. The average molecular weight is 288 g/mol. The molecule has 1 aliphatic carbocycles. The smallest absolute Gasteiger partial charge is 0.123 e. The summed E-state index contributed by atoms with van der Waals surface area (Å²) in [4.78, 5) is 0. The van der Waals surface area contributed by atoms with Crippen LogP contribution in [-0.2, 0) is 31.4 Å². The van der Waals surface area contributed by atoms with Crippen molar-refractivity contribution in [2.24, 2.45) is 0 Å². The van der Waals surface area contributed by atoms with Crippen LogP contribution < -0.4 is 0 Å². The number of aliphatic hydroxyl groups is 1. The van der Waals surface area contributed by atoms with Gasteiger partial charge >= 0.3 is 0 Å². The summed E-state index contributed by atoms with van der Waals surface area (Å²) in [6.07, 6.45) is 2.79. The van der Waals surface area contributed by atoms with Gasteiger partial charge in [-0.2, -0.15) is 5.10 Å². The van der Waals surface area contributed by atoms with E-state index in [1.54, 1.807) is 12.1 Å². The van der Waals surface area contributed by atoms with Gasteiger partial charge in [0.25, 0.3) is 0 Å². The number of hydrogen-bond acceptors (Lipinski definition) is 2. The molecule has 112 valence electrons. The van der Waals surface area contributed by atoms with E-state index in [0.29, 0.717) is 12.8 Å². The fourth-order valence-electron chi connectivity index (χ4n) is 3.29. The molecule has 0 fully saturated rings. The van der Waals surface area contributed by atoms with Crippen molar-refractivity contribution in [2.75, 3.05) is 0 Å². The van der Waals surface area contributed by atoms with Gasteiger partial charge in [0.05, 0.1) is 11.3 Å². The van der Waals surface area contributed by atoms with Crippen molar-refractivity contribution in [1.29, 1.82) is 0 Å². The molecule has 1 atom stereocenters. The lowest BCUT2D eigenvalue weighted by molar-refractivity contribution is 0.0368. The number of aromatic nitrogens is 2. The highest BCUT2D eigenvalue weighted by Crippen LogP contribution is 2.39. The number of benzene rings is 1. The highest BCUT2D eigenvalue weighted by molar-refractivity contribution is 5.38. The first-order valence-corrected chi connectivity index (χ1v) is 7.62. The highest BCUT2D eigenvalue weighted by atomic mass is 19.1. The molecular formula is C17H21FN2O. The topological polar surface area (TPSA) is 38.0 Å². The molecule has 1 unspecified atom stereocenters. The van der Waals surface area contributed by atoms with E-state index in [9.17, 15) is 9.50 Å². The minimum atomic E-state index is -0.902. The van der Waals surface area contributed by atoms with Crippen LogP contribution in [0.25, 0.3) is 0 Å². The Bertz CT molecular complexity index is 665. The van der Waals surface area contributed by atoms with Crippen molar-refractivity contribution in [1.82, 2.24) is 9.78 Å². The first-order chi connectivity index (χ1) is 10.1. The van der Waals surface area contributed by atoms with Crippen LogP contribution in [0.2, 0.25) is 0 Å². The molecule has 21 heavy (non-hydrogen) atoms. The number of halogens is 1. The standard InChI is InChI=1S/C17H21FN2O/c1-3-14-10-15(20(4-2)19-14)11-17(21)8-7-12-9-13(18)5-6-16(12)17/h5-6,9-10,21H,3-4,7-8,11H2,1-2H3. The van der Waals surface area contributed by atoms with Gasteiger partial charge in [0, 0.05) is 18.7 Å². The summed E-state index contributed by atoms with van der Waals surface area (Å²) in [6, 6.07) is 6.78. The fraction of sp³-hybridized carbons (Fsp3) is 0.471. The van der Waals surface area contributed by atoms with Gasteiger partial charge < -0.3 is 5.11 Å². The maximum atomic E-state index is 13.3. The molecule has 0 bridgehead atoms. The minimum absolute atomic E-state index is 0.232. The van der Waals surface area contributed by atoms with Crippen molar-refractivity contribution < 1.29 is 9.50 Å². The van der Waals surface area contributed by atoms with Crippen molar-refractivity contribution in [3.05, 3.63) is 52.6 Å². The van der Waals surface area contributed by atoms with Crippen molar-refractivity contribution in [3.63, 3.8) is 0 Å². The van der Waals surface area contributed by atoms with E-state index in [4.69, 9.17) is 0 Å². The van der Waals surface area contributed by atoms with Gasteiger partial charge in [0.15, 0.2) is 0 Å². The van der Waals surface area contributed by atoms with Crippen LogP contribution in [0.3, 0.4) is 0 Å². The molecule has 0 saturated carbocycles. The molecule has 1 aromatic carbocycles. The van der Waals surface area contributed by atoms with Crippen LogP contribution in [0.1, 0.15) is 42.8 Å². The predicted octanol–water partition coefficient (Wildman–Crippen LogP) is 2.98. The summed E-state index contributed by atoms with van der Waals surface area (Å²) >= 11 is 0. The summed E-state index contributed by atoms with van der Waals surface area (Å²) in [5, 5.41) is 15.6. The third kappa shape index (κ3) is 2.48. The van der Waals surface area contributed by atoms with Crippen LogP contribution in [0.4, 0.5) is 4.39 Å². The fourth-order valence-corrected chi connectivity index (χ4v) is 3.29. The molecule has 3 nitrogen and oxygen atoms in total. The molecule has 2 aromatic rings. The van der Waals surface area contributed by atoms with Crippen LogP contribution in [0.5, 0.6) is 0 Å². The van der Waals surface area contributed by atoms with E-state index in [2.05, 4.69) is 25.0 Å². The van der Waals surface area contributed by atoms with Gasteiger partial charge in [0.1, 0.15) is 5.82 Å². The maximum Gasteiger partial charge on any atom is 0.123 e. The van der Waals surface area contributed by atoms with Gasteiger partial charge in [-0.05, 0) is 55.5 Å². The molecule has 1 aliphatic rings. The Morgan fingerprint density at radius 1 is 1.33 bits per heavy atom. The summed E-state index contributed by atoms with van der Waals surface area (Å²) in [5.41, 5.74) is 2.99. The van der Waals surface area contributed by atoms with Gasteiger partial charge in [0.2, 0.25) is 0 Å². The van der Waals surface area contributed by atoms with E-state index < -0.39 is 5.60 Å². The van der Waals surface area contributed by atoms with Crippen LogP contribution in [-0.4, -0.2) is 14.9 Å². The molecule has 1 heterocycles. The summed E-state index contributed by atoms with van der Waals surface area (Å²) in [5.74, 6) is -0.232. The minimum Gasteiger partial charge on any atom is -0.385 e. The van der Waals surface area contributed by atoms with Crippen LogP contribution in [0, 0.1) is 5.82 Å². The zero-order chi connectivity index (χ0) is 15.0. The zero-order valence-corrected chi connectivity index (χ0v) is 12.6. The monoisotopic (exact) mass is 288 g/mol. The lowest BCUT2D eigenvalue weighted by atomic mass is 9.90. The summed E-state index contributed by atoms with van der Waals surface area (Å²) in [6.45, 7) is 4.92. The Hall–Kier alpha value is -1.68. The Morgan fingerprint density at radius 3 is 2.86 bits per heavy atom. The third-order valence-electron chi connectivity index (χ3n) is 4.43. The van der Waals surface area contributed by atoms with Crippen LogP contribution >= 0.6 is 0 Å².